The zero-order valence-electron chi connectivity index (χ0n) is 14.7. The van der Waals surface area contributed by atoms with Crippen molar-refractivity contribution in [2.75, 3.05) is 12.9 Å². The maximum absolute atomic E-state index is 12.0. The van der Waals surface area contributed by atoms with Crippen molar-refractivity contribution in [3.63, 3.8) is 0 Å². The average Bonchev–Trinajstić information content (AvgIpc) is 2.59. The highest BCUT2D eigenvalue weighted by Crippen LogP contribution is 2.09. The van der Waals surface area contributed by atoms with E-state index in [9.17, 15) is 13.2 Å². The average molecular weight is 356 g/mol. The van der Waals surface area contributed by atoms with Crippen LogP contribution in [0.2, 0.25) is 0 Å². The normalized spacial score (nSPS) is 11.4. The molecule has 0 radical (unpaired) electrons. The first-order valence-electron chi connectivity index (χ1n) is 8.63. The summed E-state index contributed by atoms with van der Waals surface area (Å²) in [6, 6.07) is 6.78. The summed E-state index contributed by atoms with van der Waals surface area (Å²) in [4.78, 5) is 11.5. The van der Waals surface area contributed by atoms with E-state index in [0.29, 0.717) is 12.0 Å². The quantitative estimate of drug-likeness (QED) is 0.459. The Labute approximate surface area is 145 Å². The van der Waals surface area contributed by atoms with E-state index in [4.69, 9.17) is 0 Å². The van der Waals surface area contributed by atoms with Gasteiger partial charge < -0.3 is 4.74 Å². The molecule has 0 spiro atoms. The van der Waals surface area contributed by atoms with Crippen LogP contribution in [0.4, 0.5) is 0 Å². The summed E-state index contributed by atoms with van der Waals surface area (Å²) < 4.78 is 31.3. The Morgan fingerprint density at radius 3 is 2.42 bits per heavy atom. The van der Waals surface area contributed by atoms with Gasteiger partial charge in [0, 0.05) is 6.54 Å². The zero-order chi connectivity index (χ0) is 17.8. The van der Waals surface area contributed by atoms with Gasteiger partial charge in [0.05, 0.1) is 18.4 Å². The molecule has 0 heterocycles. The first kappa shape index (κ1) is 20.6. The van der Waals surface area contributed by atoms with E-state index in [0.717, 1.165) is 18.4 Å². The second-order valence-corrected chi connectivity index (χ2v) is 7.88. The van der Waals surface area contributed by atoms with Crippen molar-refractivity contribution in [1.29, 1.82) is 0 Å². The standard InChI is InChI=1S/C18H29NO4S/c1-3-4-5-6-7-8-9-13-24(21,22)19-15-16-11-10-12-17(14-16)18(20)23-2/h10-12,14,19H,3-9,13,15H2,1-2H3. The van der Waals surface area contributed by atoms with Crippen LogP contribution >= 0.6 is 0 Å². The minimum absolute atomic E-state index is 0.150. The fraction of sp³-hybridized carbons (Fsp3) is 0.611. The van der Waals surface area contributed by atoms with Crippen LogP contribution in [0, 0.1) is 0 Å². The molecule has 5 nitrogen and oxygen atoms in total. The number of carbonyl (C=O) groups excluding carboxylic acids is 1. The lowest BCUT2D eigenvalue weighted by atomic mass is 10.1. The highest BCUT2D eigenvalue weighted by molar-refractivity contribution is 7.89. The molecular formula is C18H29NO4S. The monoisotopic (exact) mass is 355 g/mol. The van der Waals surface area contributed by atoms with Gasteiger partial charge in [0.1, 0.15) is 0 Å². The summed E-state index contributed by atoms with van der Waals surface area (Å²) >= 11 is 0. The molecule has 0 amide bonds. The number of unbranched alkanes of at least 4 members (excludes halogenated alkanes) is 6. The lowest BCUT2D eigenvalue weighted by Crippen LogP contribution is -2.26. The first-order chi connectivity index (χ1) is 11.5. The number of sulfonamides is 1. The molecule has 1 aromatic carbocycles. The second-order valence-electron chi connectivity index (χ2n) is 5.95. The fourth-order valence-electron chi connectivity index (χ4n) is 2.44. The molecular weight excluding hydrogens is 326 g/mol. The molecule has 0 saturated carbocycles. The highest BCUT2D eigenvalue weighted by atomic mass is 32.2. The van der Waals surface area contributed by atoms with Crippen molar-refractivity contribution >= 4 is 16.0 Å². The van der Waals surface area contributed by atoms with Crippen LogP contribution in [-0.4, -0.2) is 27.2 Å². The summed E-state index contributed by atoms with van der Waals surface area (Å²) in [5.41, 5.74) is 1.15. The van der Waals surface area contributed by atoms with Gasteiger partial charge in [-0.3, -0.25) is 0 Å². The maximum Gasteiger partial charge on any atom is 0.337 e. The van der Waals surface area contributed by atoms with Crippen LogP contribution in [0.15, 0.2) is 24.3 Å². The van der Waals surface area contributed by atoms with Crippen molar-refractivity contribution < 1.29 is 17.9 Å². The van der Waals surface area contributed by atoms with E-state index >= 15 is 0 Å². The number of methoxy groups -OCH3 is 1. The van der Waals surface area contributed by atoms with Crippen LogP contribution < -0.4 is 4.72 Å². The summed E-state index contributed by atoms with van der Waals surface area (Å²) in [6.07, 6.45) is 7.61. The zero-order valence-corrected chi connectivity index (χ0v) is 15.5. The molecule has 1 rings (SSSR count). The molecule has 6 heteroatoms. The van der Waals surface area contributed by atoms with Gasteiger partial charge in [0.2, 0.25) is 10.0 Å². The minimum atomic E-state index is -3.28. The van der Waals surface area contributed by atoms with Gasteiger partial charge in [0.15, 0.2) is 0 Å². The molecule has 0 aromatic heterocycles. The number of esters is 1. The Kier molecular flexibility index (Phi) is 9.64. The van der Waals surface area contributed by atoms with Gasteiger partial charge in [-0.2, -0.15) is 0 Å². The topological polar surface area (TPSA) is 72.5 Å². The summed E-state index contributed by atoms with van der Waals surface area (Å²) in [6.45, 7) is 2.36. The van der Waals surface area contributed by atoms with E-state index in [-0.39, 0.29) is 12.3 Å². The van der Waals surface area contributed by atoms with E-state index in [1.54, 1.807) is 24.3 Å². The Bertz CT molecular complexity index is 599. The van der Waals surface area contributed by atoms with Crippen LogP contribution in [0.1, 0.15) is 67.8 Å². The maximum atomic E-state index is 12.0. The van der Waals surface area contributed by atoms with Crippen LogP contribution in [-0.2, 0) is 21.3 Å². The van der Waals surface area contributed by atoms with Crippen molar-refractivity contribution in [2.24, 2.45) is 0 Å². The molecule has 0 aliphatic heterocycles. The number of ether oxygens (including phenoxy) is 1. The molecule has 1 aromatic rings. The van der Waals surface area contributed by atoms with Crippen LogP contribution in [0.3, 0.4) is 0 Å². The number of hydrogen-bond donors (Lipinski definition) is 1. The largest absolute Gasteiger partial charge is 0.465 e. The van der Waals surface area contributed by atoms with Gasteiger partial charge >= 0.3 is 5.97 Å². The highest BCUT2D eigenvalue weighted by Gasteiger charge is 2.11. The number of hydrogen-bond acceptors (Lipinski definition) is 4. The molecule has 0 saturated heterocycles. The Hall–Kier alpha value is -1.40. The Morgan fingerprint density at radius 1 is 1.08 bits per heavy atom. The van der Waals surface area contributed by atoms with Gasteiger partial charge in [-0.1, -0.05) is 57.6 Å². The second kappa shape index (κ2) is 11.2. The SMILES string of the molecule is CCCCCCCCCS(=O)(=O)NCc1cccc(C(=O)OC)c1. The van der Waals surface area contributed by atoms with Gasteiger partial charge in [0.25, 0.3) is 0 Å². The Morgan fingerprint density at radius 2 is 1.75 bits per heavy atom. The van der Waals surface area contributed by atoms with Crippen molar-refractivity contribution in [3.8, 4) is 0 Å². The number of carbonyl (C=O) groups is 1. The summed E-state index contributed by atoms with van der Waals surface area (Å²) in [5, 5.41) is 0. The van der Waals surface area contributed by atoms with Crippen molar-refractivity contribution in [2.45, 2.75) is 58.4 Å². The predicted octanol–water partition coefficient (Wildman–Crippen LogP) is 3.64. The van der Waals surface area contributed by atoms with Gasteiger partial charge in [-0.05, 0) is 24.1 Å². The third kappa shape index (κ3) is 8.45. The van der Waals surface area contributed by atoms with E-state index in [1.807, 2.05) is 0 Å². The molecule has 0 atom stereocenters. The number of nitrogens with one attached hydrogen (secondary N) is 1. The smallest absolute Gasteiger partial charge is 0.337 e. The minimum Gasteiger partial charge on any atom is -0.465 e. The molecule has 0 fully saturated rings. The van der Waals surface area contributed by atoms with Gasteiger partial charge in [-0.25, -0.2) is 17.9 Å². The predicted molar refractivity (Wildman–Crippen MR) is 96.4 cm³/mol. The molecule has 0 bridgehead atoms. The number of rotatable bonds is 12. The molecule has 136 valence electrons. The van der Waals surface area contributed by atoms with Crippen molar-refractivity contribution in [1.82, 2.24) is 4.72 Å². The van der Waals surface area contributed by atoms with Crippen LogP contribution in [0.25, 0.3) is 0 Å². The fourth-order valence-corrected chi connectivity index (χ4v) is 3.56. The molecule has 0 unspecified atom stereocenters. The van der Waals surface area contributed by atoms with E-state index in [1.165, 1.54) is 32.8 Å². The third-order valence-electron chi connectivity index (χ3n) is 3.86. The van der Waals surface area contributed by atoms with Gasteiger partial charge in [-0.15, -0.1) is 0 Å². The first-order valence-corrected chi connectivity index (χ1v) is 10.3. The Balaban J connectivity index is 2.33. The van der Waals surface area contributed by atoms with Crippen LogP contribution in [0.5, 0.6) is 0 Å². The molecule has 0 aliphatic carbocycles. The van der Waals surface area contributed by atoms with E-state index < -0.39 is 16.0 Å². The third-order valence-corrected chi connectivity index (χ3v) is 5.27. The van der Waals surface area contributed by atoms with E-state index in [2.05, 4.69) is 16.4 Å². The lowest BCUT2D eigenvalue weighted by Gasteiger charge is -2.08. The molecule has 0 aliphatic rings. The number of benzene rings is 1. The molecule has 1 N–H and O–H groups in total. The summed E-state index contributed by atoms with van der Waals surface area (Å²) in [5.74, 6) is -0.278. The lowest BCUT2D eigenvalue weighted by molar-refractivity contribution is 0.0600. The summed E-state index contributed by atoms with van der Waals surface area (Å²) in [7, 11) is -1.96. The van der Waals surface area contributed by atoms with Crippen molar-refractivity contribution in [3.05, 3.63) is 35.4 Å². The molecule has 24 heavy (non-hydrogen) atoms.